The second kappa shape index (κ2) is 13.9. The molecule has 2 amide bonds. The van der Waals surface area contributed by atoms with Crippen LogP contribution < -0.4 is 25.6 Å². The molecule has 0 spiro atoms. The number of hydrogen-bond acceptors (Lipinski definition) is 5. The van der Waals surface area contributed by atoms with E-state index < -0.39 is 11.8 Å². The van der Waals surface area contributed by atoms with Crippen LogP contribution in [0.4, 0.5) is 0 Å². The quantitative estimate of drug-likeness (QED) is 0.200. The van der Waals surface area contributed by atoms with Crippen LogP contribution in [0, 0.1) is 0 Å². The van der Waals surface area contributed by atoms with Crippen LogP contribution in [0.1, 0.15) is 49.4 Å². The van der Waals surface area contributed by atoms with Crippen LogP contribution in [0.3, 0.4) is 0 Å². The van der Waals surface area contributed by atoms with Crippen molar-refractivity contribution in [2.75, 3.05) is 13.2 Å². The first-order chi connectivity index (χ1) is 17.0. The van der Waals surface area contributed by atoms with Crippen LogP contribution in [-0.2, 0) is 4.79 Å². The SMILES string of the molecule is CCCCCCCOc1ccc(C(=O)NC(=S)NNC(=O)COc2ccc3ccccc3c2)cc1. The molecule has 0 aliphatic carbocycles. The number of hydrogen-bond donors (Lipinski definition) is 3. The highest BCUT2D eigenvalue weighted by Crippen LogP contribution is 2.20. The van der Waals surface area contributed by atoms with Crippen LogP contribution in [0.2, 0.25) is 0 Å². The minimum atomic E-state index is -0.439. The lowest BCUT2D eigenvalue weighted by atomic mass is 10.1. The Morgan fingerprint density at radius 1 is 0.800 bits per heavy atom. The lowest BCUT2D eigenvalue weighted by Gasteiger charge is -2.12. The van der Waals surface area contributed by atoms with Gasteiger partial charge in [0.15, 0.2) is 11.7 Å². The van der Waals surface area contributed by atoms with Gasteiger partial charge in [0.05, 0.1) is 6.61 Å². The molecule has 8 heteroatoms. The number of carbonyl (C=O) groups excluding carboxylic acids is 2. The number of nitrogens with one attached hydrogen (secondary N) is 3. The molecule has 184 valence electrons. The molecule has 0 saturated carbocycles. The Bertz CT molecular complexity index is 1130. The standard InChI is InChI=1S/C27H31N3O4S/c1-2-3-4-5-8-17-33-23-14-12-21(13-15-23)26(32)28-27(35)30-29-25(31)19-34-24-16-11-20-9-6-7-10-22(20)18-24/h6-7,9-16,18H,2-5,8,17,19H2,1H3,(H,29,31)(H2,28,30,32,35). The van der Waals surface area contributed by atoms with Gasteiger partial charge in [-0.3, -0.25) is 25.8 Å². The Kier molecular flexibility index (Phi) is 10.3. The fraction of sp³-hybridized carbons (Fsp3) is 0.296. The summed E-state index contributed by atoms with van der Waals surface area (Å²) >= 11 is 5.08. The first-order valence-corrected chi connectivity index (χ1v) is 12.2. The number of ether oxygens (including phenoxy) is 2. The number of amides is 2. The van der Waals surface area contributed by atoms with Gasteiger partial charge in [0.1, 0.15) is 11.5 Å². The van der Waals surface area contributed by atoms with Crippen LogP contribution >= 0.6 is 12.2 Å². The van der Waals surface area contributed by atoms with Crippen molar-refractivity contribution in [3.05, 3.63) is 72.3 Å². The van der Waals surface area contributed by atoms with Gasteiger partial charge in [-0.25, -0.2) is 0 Å². The van der Waals surface area contributed by atoms with Gasteiger partial charge in [0.2, 0.25) is 0 Å². The summed E-state index contributed by atoms with van der Waals surface area (Å²) < 4.78 is 11.2. The summed E-state index contributed by atoms with van der Waals surface area (Å²) in [7, 11) is 0. The molecule has 0 fully saturated rings. The van der Waals surface area contributed by atoms with Crippen molar-refractivity contribution in [3.8, 4) is 11.5 Å². The third-order valence-corrected chi connectivity index (χ3v) is 5.47. The smallest absolute Gasteiger partial charge is 0.276 e. The van der Waals surface area contributed by atoms with Crippen LogP contribution in [0.5, 0.6) is 11.5 Å². The predicted molar refractivity (Wildman–Crippen MR) is 141 cm³/mol. The molecular formula is C27H31N3O4S. The zero-order valence-corrected chi connectivity index (χ0v) is 20.7. The molecular weight excluding hydrogens is 462 g/mol. The Balaban J connectivity index is 1.34. The van der Waals surface area contributed by atoms with E-state index in [-0.39, 0.29) is 11.7 Å². The molecule has 7 nitrogen and oxygen atoms in total. The second-order valence-corrected chi connectivity index (χ2v) is 8.45. The maximum Gasteiger partial charge on any atom is 0.276 e. The van der Waals surface area contributed by atoms with E-state index >= 15 is 0 Å². The van der Waals surface area contributed by atoms with Crippen LogP contribution in [0.15, 0.2) is 66.7 Å². The highest BCUT2D eigenvalue weighted by molar-refractivity contribution is 7.80. The largest absolute Gasteiger partial charge is 0.494 e. The molecule has 0 aromatic heterocycles. The monoisotopic (exact) mass is 493 g/mol. The minimum absolute atomic E-state index is 0.0264. The molecule has 0 heterocycles. The molecule has 0 bridgehead atoms. The third kappa shape index (κ3) is 8.90. The number of unbranched alkanes of at least 4 members (excludes halogenated alkanes) is 4. The Morgan fingerprint density at radius 3 is 2.29 bits per heavy atom. The molecule has 0 saturated heterocycles. The van der Waals surface area contributed by atoms with Gasteiger partial charge in [-0.05, 0) is 65.8 Å². The first kappa shape index (κ1) is 26.0. The van der Waals surface area contributed by atoms with Gasteiger partial charge in [-0.1, -0.05) is 62.9 Å². The van der Waals surface area contributed by atoms with Crippen molar-refractivity contribution in [2.45, 2.75) is 39.0 Å². The summed E-state index contributed by atoms with van der Waals surface area (Å²) in [5.41, 5.74) is 5.34. The number of rotatable bonds is 11. The third-order valence-electron chi connectivity index (χ3n) is 5.27. The first-order valence-electron chi connectivity index (χ1n) is 11.8. The summed E-state index contributed by atoms with van der Waals surface area (Å²) in [4.78, 5) is 24.4. The van der Waals surface area contributed by atoms with E-state index in [1.807, 2.05) is 36.4 Å². The van der Waals surface area contributed by atoms with E-state index in [2.05, 4.69) is 23.1 Å². The maximum atomic E-state index is 12.4. The molecule has 0 atom stereocenters. The van der Waals surface area contributed by atoms with E-state index in [9.17, 15) is 9.59 Å². The zero-order valence-electron chi connectivity index (χ0n) is 19.8. The number of hydrazine groups is 1. The normalized spacial score (nSPS) is 10.4. The van der Waals surface area contributed by atoms with Crippen molar-refractivity contribution in [1.82, 2.24) is 16.2 Å². The molecule has 3 aromatic carbocycles. The molecule has 0 radical (unpaired) electrons. The average molecular weight is 494 g/mol. The second-order valence-electron chi connectivity index (χ2n) is 8.04. The van der Waals surface area contributed by atoms with E-state index in [0.29, 0.717) is 17.9 Å². The molecule has 3 N–H and O–H groups in total. The van der Waals surface area contributed by atoms with Crippen molar-refractivity contribution < 1.29 is 19.1 Å². The molecule has 3 aromatic rings. The lowest BCUT2D eigenvalue weighted by molar-refractivity contribution is -0.123. The van der Waals surface area contributed by atoms with Gasteiger partial charge < -0.3 is 9.47 Å². The lowest BCUT2D eigenvalue weighted by Crippen LogP contribution is -2.49. The fourth-order valence-electron chi connectivity index (χ4n) is 3.37. The highest BCUT2D eigenvalue weighted by Gasteiger charge is 2.09. The summed E-state index contributed by atoms with van der Waals surface area (Å²) in [5, 5.41) is 4.61. The Labute approximate surface area is 211 Å². The average Bonchev–Trinajstić information content (AvgIpc) is 2.88. The predicted octanol–water partition coefficient (Wildman–Crippen LogP) is 4.90. The molecule has 3 rings (SSSR count). The van der Waals surface area contributed by atoms with Crippen LogP contribution in [0.25, 0.3) is 10.8 Å². The summed E-state index contributed by atoms with van der Waals surface area (Å²) in [6.07, 6.45) is 5.87. The van der Waals surface area contributed by atoms with Gasteiger partial charge in [-0.2, -0.15) is 0 Å². The van der Waals surface area contributed by atoms with Gasteiger partial charge in [0, 0.05) is 5.56 Å². The van der Waals surface area contributed by atoms with Crippen molar-refractivity contribution in [3.63, 3.8) is 0 Å². The van der Waals surface area contributed by atoms with E-state index in [0.717, 1.165) is 29.4 Å². The zero-order chi connectivity index (χ0) is 24.9. The summed E-state index contributed by atoms with van der Waals surface area (Å²) in [6.45, 7) is 2.64. The number of carbonyl (C=O) groups is 2. The topological polar surface area (TPSA) is 88.7 Å². The number of fused-ring (bicyclic) bond motifs is 1. The van der Waals surface area contributed by atoms with Crippen molar-refractivity contribution in [1.29, 1.82) is 0 Å². The minimum Gasteiger partial charge on any atom is -0.494 e. The molecule has 0 aliphatic rings. The molecule has 0 aliphatic heterocycles. The Morgan fingerprint density at radius 2 is 1.51 bits per heavy atom. The van der Waals surface area contributed by atoms with E-state index in [1.54, 1.807) is 30.3 Å². The number of thiocarbonyl (C=S) groups is 1. The van der Waals surface area contributed by atoms with Crippen LogP contribution in [-0.4, -0.2) is 30.1 Å². The molecule has 35 heavy (non-hydrogen) atoms. The van der Waals surface area contributed by atoms with Gasteiger partial charge >= 0.3 is 0 Å². The van der Waals surface area contributed by atoms with E-state index in [1.165, 1.54) is 19.3 Å². The van der Waals surface area contributed by atoms with Gasteiger partial charge in [0.25, 0.3) is 11.8 Å². The highest BCUT2D eigenvalue weighted by atomic mass is 32.1. The Hall–Kier alpha value is -3.65. The van der Waals surface area contributed by atoms with E-state index in [4.69, 9.17) is 21.7 Å². The van der Waals surface area contributed by atoms with Crippen molar-refractivity contribution >= 4 is 39.9 Å². The van der Waals surface area contributed by atoms with Crippen molar-refractivity contribution in [2.24, 2.45) is 0 Å². The number of benzene rings is 3. The fourth-order valence-corrected chi connectivity index (χ4v) is 3.52. The maximum absolute atomic E-state index is 12.4. The summed E-state index contributed by atoms with van der Waals surface area (Å²) in [5.74, 6) is 0.469. The molecule has 0 unspecified atom stereocenters. The van der Waals surface area contributed by atoms with Gasteiger partial charge in [-0.15, -0.1) is 0 Å². The summed E-state index contributed by atoms with van der Waals surface area (Å²) in [6, 6.07) is 20.3.